The summed E-state index contributed by atoms with van der Waals surface area (Å²) < 4.78 is 59.2. The number of carbonyl (C=O) groups is 1. The van der Waals surface area contributed by atoms with Gasteiger partial charge in [-0.25, -0.2) is 17.6 Å². The van der Waals surface area contributed by atoms with Crippen LogP contribution in [0.15, 0.2) is 30.5 Å². The van der Waals surface area contributed by atoms with Crippen LogP contribution in [0.2, 0.25) is 0 Å². The fourth-order valence-corrected chi connectivity index (χ4v) is 7.05. The number of likely N-dealkylation sites (tertiary alicyclic amines) is 1. The Morgan fingerprint density at radius 3 is 2.38 bits per heavy atom. The number of carbonyl (C=O) groups excluding carboxylic acids is 1. The number of hydrogen-bond donors (Lipinski definition) is 1. The number of alkyl halides is 2. The molecule has 0 saturated carbocycles. The molecule has 10 heteroatoms. The Morgan fingerprint density at radius 1 is 1.08 bits per heavy atom. The van der Waals surface area contributed by atoms with E-state index in [1.54, 1.807) is 23.2 Å². The van der Waals surface area contributed by atoms with Crippen LogP contribution in [0.1, 0.15) is 55.3 Å². The molecule has 1 spiro atoms. The molecule has 1 aromatic heterocycles. The number of piperidine rings is 2. The molecule has 2 aromatic carbocycles. The average Bonchev–Trinajstić information content (AvgIpc) is 3.40. The van der Waals surface area contributed by atoms with Crippen molar-refractivity contribution >= 4 is 23.0 Å². The minimum atomic E-state index is -2.64. The minimum Gasteiger partial charge on any atom is -0.371 e. The van der Waals surface area contributed by atoms with Crippen LogP contribution < -0.4 is 4.90 Å². The van der Waals surface area contributed by atoms with Crippen LogP contribution in [0, 0.1) is 17.0 Å². The van der Waals surface area contributed by atoms with E-state index in [1.807, 2.05) is 11.8 Å². The van der Waals surface area contributed by atoms with Gasteiger partial charge in [-0.3, -0.25) is 14.8 Å². The fraction of sp³-hybridized carbons (Fsp3) is 0.517. The third kappa shape index (κ3) is 4.66. The van der Waals surface area contributed by atoms with Crippen molar-refractivity contribution in [2.45, 2.75) is 57.5 Å². The number of benzene rings is 2. The molecule has 3 aromatic rings. The van der Waals surface area contributed by atoms with E-state index in [2.05, 4.69) is 10.2 Å². The van der Waals surface area contributed by atoms with E-state index in [1.165, 1.54) is 17.0 Å². The largest absolute Gasteiger partial charge is 0.371 e. The molecule has 0 aliphatic carbocycles. The summed E-state index contributed by atoms with van der Waals surface area (Å²) in [6.07, 6.45) is 4.13. The van der Waals surface area contributed by atoms with Crippen molar-refractivity contribution in [3.63, 3.8) is 0 Å². The maximum absolute atomic E-state index is 15.9. The van der Waals surface area contributed by atoms with Crippen LogP contribution in [-0.2, 0) is 11.2 Å². The average molecular weight is 544 g/mol. The third-order valence-electron chi connectivity index (χ3n) is 9.35. The molecule has 208 valence electrons. The zero-order valence-corrected chi connectivity index (χ0v) is 22.0. The summed E-state index contributed by atoms with van der Waals surface area (Å²) in [5, 5.41) is 7.88. The summed E-state index contributed by atoms with van der Waals surface area (Å²) in [6.45, 7) is 4.11. The molecular weight excluding hydrogens is 510 g/mol. The molecule has 1 N–H and O–H groups in total. The molecule has 6 nitrogen and oxygen atoms in total. The zero-order valence-electron chi connectivity index (χ0n) is 22.0. The first kappa shape index (κ1) is 26.1. The Hall–Kier alpha value is -3.14. The Morgan fingerprint density at radius 2 is 1.74 bits per heavy atom. The van der Waals surface area contributed by atoms with E-state index < -0.39 is 30.6 Å². The Kier molecular flexibility index (Phi) is 6.77. The van der Waals surface area contributed by atoms with Gasteiger partial charge < -0.3 is 9.80 Å². The van der Waals surface area contributed by atoms with Crippen molar-refractivity contribution in [1.82, 2.24) is 20.0 Å². The van der Waals surface area contributed by atoms with Gasteiger partial charge in [0.2, 0.25) is 6.41 Å². The first-order valence-electron chi connectivity index (χ1n) is 13.7. The number of hydrogen-bond acceptors (Lipinski definition) is 4. The number of aromatic nitrogens is 2. The van der Waals surface area contributed by atoms with Crippen molar-refractivity contribution in [2.24, 2.45) is 5.41 Å². The number of nitrogens with zero attached hydrogens (tertiary/aromatic N) is 4. The van der Waals surface area contributed by atoms with E-state index in [0.29, 0.717) is 30.8 Å². The molecular formula is C29H33F4N5O. The number of halogens is 4. The molecule has 3 aliphatic rings. The molecule has 1 amide bonds. The number of amides is 1. The predicted octanol–water partition coefficient (Wildman–Crippen LogP) is 5.28. The molecule has 2 fully saturated rings. The highest BCUT2D eigenvalue weighted by molar-refractivity contribution is 5.83. The Labute approximate surface area is 224 Å². The van der Waals surface area contributed by atoms with E-state index in [0.717, 1.165) is 61.6 Å². The van der Waals surface area contributed by atoms with Crippen LogP contribution in [0.3, 0.4) is 0 Å². The molecule has 0 radical (unpaired) electrons. The first-order valence-corrected chi connectivity index (χ1v) is 13.7. The van der Waals surface area contributed by atoms with Crippen molar-refractivity contribution in [1.29, 1.82) is 0 Å². The Bertz CT molecular complexity index is 1340. The maximum atomic E-state index is 15.9. The normalized spacial score (nSPS) is 23.5. The van der Waals surface area contributed by atoms with Gasteiger partial charge in [0.1, 0.15) is 11.6 Å². The summed E-state index contributed by atoms with van der Waals surface area (Å²) >= 11 is 0. The van der Waals surface area contributed by atoms with Crippen LogP contribution in [0.5, 0.6) is 0 Å². The molecule has 2 atom stereocenters. The molecule has 4 heterocycles. The van der Waals surface area contributed by atoms with Crippen molar-refractivity contribution in [3.05, 3.63) is 58.8 Å². The van der Waals surface area contributed by atoms with E-state index in [4.69, 9.17) is 0 Å². The number of fused-ring (bicyclic) bond motifs is 3. The third-order valence-corrected chi connectivity index (χ3v) is 9.35. The van der Waals surface area contributed by atoms with E-state index in [-0.39, 0.29) is 17.0 Å². The van der Waals surface area contributed by atoms with E-state index in [9.17, 15) is 13.6 Å². The highest BCUT2D eigenvalue weighted by atomic mass is 19.3. The van der Waals surface area contributed by atoms with Gasteiger partial charge in [-0.15, -0.1) is 0 Å². The van der Waals surface area contributed by atoms with Gasteiger partial charge in [-0.2, -0.15) is 5.10 Å². The van der Waals surface area contributed by atoms with Crippen LogP contribution in [0.4, 0.5) is 23.2 Å². The summed E-state index contributed by atoms with van der Waals surface area (Å²) in [7, 11) is 0. The highest BCUT2D eigenvalue weighted by Crippen LogP contribution is 2.45. The monoisotopic (exact) mass is 543 g/mol. The van der Waals surface area contributed by atoms with Gasteiger partial charge in [0.25, 0.3) is 6.43 Å². The molecule has 1 unspecified atom stereocenters. The van der Waals surface area contributed by atoms with Crippen LogP contribution in [0.25, 0.3) is 10.9 Å². The lowest BCUT2D eigenvalue weighted by atomic mass is 9.71. The standard InChI is InChI=1S/C29H33F4N5O/c1-18-12-21-20(2-3-25-22(21)15-34-35-25)28(38(18)16-26(32)33)27-23(30)13-19(14-24(27)31)37-10-6-29(7-11-37)4-8-36(17-39)9-5-29/h2-3,13-15,17-18,26,28H,4-12,16H2,1H3,(H,34,35)/t18-,28?/m1/s1. The molecule has 0 bridgehead atoms. The topological polar surface area (TPSA) is 55.5 Å². The summed E-state index contributed by atoms with van der Waals surface area (Å²) in [5.74, 6) is -1.44. The summed E-state index contributed by atoms with van der Waals surface area (Å²) in [5.41, 5.74) is 2.78. The molecule has 6 rings (SSSR count). The number of aromatic amines is 1. The van der Waals surface area contributed by atoms with E-state index >= 15 is 8.78 Å². The van der Waals surface area contributed by atoms with Gasteiger partial charge in [0, 0.05) is 48.9 Å². The lowest BCUT2D eigenvalue weighted by molar-refractivity contribution is -0.120. The lowest BCUT2D eigenvalue weighted by Gasteiger charge is -2.47. The van der Waals surface area contributed by atoms with Gasteiger partial charge in [0.15, 0.2) is 0 Å². The molecule has 3 aliphatic heterocycles. The summed E-state index contributed by atoms with van der Waals surface area (Å²) in [4.78, 5) is 16.4. The minimum absolute atomic E-state index is 0.170. The second-order valence-corrected chi connectivity index (χ2v) is 11.5. The number of rotatable bonds is 5. The molecule has 39 heavy (non-hydrogen) atoms. The van der Waals surface area contributed by atoms with Gasteiger partial charge in [-0.05, 0) is 73.8 Å². The summed E-state index contributed by atoms with van der Waals surface area (Å²) in [6, 6.07) is 4.97. The number of anilines is 1. The number of nitrogens with one attached hydrogen (secondary N) is 1. The fourth-order valence-electron chi connectivity index (χ4n) is 7.05. The lowest BCUT2D eigenvalue weighted by Crippen LogP contribution is -2.46. The predicted molar refractivity (Wildman–Crippen MR) is 141 cm³/mol. The molecule has 2 saturated heterocycles. The second kappa shape index (κ2) is 10.1. The Balaban J connectivity index is 1.32. The van der Waals surface area contributed by atoms with Gasteiger partial charge in [-0.1, -0.05) is 6.07 Å². The zero-order chi connectivity index (χ0) is 27.3. The van der Waals surface area contributed by atoms with Crippen molar-refractivity contribution < 1.29 is 22.4 Å². The van der Waals surface area contributed by atoms with Gasteiger partial charge in [0.05, 0.1) is 24.3 Å². The van der Waals surface area contributed by atoms with Crippen LogP contribution >= 0.6 is 0 Å². The van der Waals surface area contributed by atoms with Crippen LogP contribution in [-0.4, -0.2) is 71.6 Å². The SMILES string of the molecule is C[C@@H]1Cc2c(ccc3[nH]ncc23)C(c2c(F)cc(N3CCC4(CCN(C=O)CC4)CC3)cc2F)N1CC(F)F. The smallest absolute Gasteiger partial charge is 0.251 e. The second-order valence-electron chi connectivity index (χ2n) is 11.5. The first-order chi connectivity index (χ1) is 18.8. The highest BCUT2D eigenvalue weighted by Gasteiger charge is 2.40. The van der Waals surface area contributed by atoms with Gasteiger partial charge >= 0.3 is 0 Å². The van der Waals surface area contributed by atoms with Crippen molar-refractivity contribution in [2.75, 3.05) is 37.6 Å². The maximum Gasteiger partial charge on any atom is 0.251 e. The number of H-pyrrole nitrogens is 1. The van der Waals surface area contributed by atoms with Crippen molar-refractivity contribution in [3.8, 4) is 0 Å². The quantitative estimate of drug-likeness (QED) is 0.352.